The van der Waals surface area contributed by atoms with E-state index in [1.165, 1.54) is 0 Å². The second kappa shape index (κ2) is 4.85. The topological polar surface area (TPSA) is 63.7 Å². The molecule has 96 valence electrons. The van der Waals surface area contributed by atoms with Crippen molar-refractivity contribution < 1.29 is 19.1 Å². The van der Waals surface area contributed by atoms with Gasteiger partial charge in [-0.15, -0.1) is 0 Å². The highest BCUT2D eigenvalue weighted by atomic mass is 16.6. The van der Waals surface area contributed by atoms with Crippen molar-refractivity contribution in [2.45, 2.75) is 52.2 Å². The molecule has 1 saturated heterocycles. The number of rotatable bonds is 1. The quantitative estimate of drug-likeness (QED) is 0.656. The summed E-state index contributed by atoms with van der Waals surface area (Å²) in [7, 11) is 0. The SMILES string of the molecule is C[C@@H]1CC[C@@H](C=O)N(C(=O)OC(C)(C)C)C1=O. The number of amides is 2. The van der Waals surface area contributed by atoms with Crippen LogP contribution in [-0.2, 0) is 14.3 Å². The van der Waals surface area contributed by atoms with Crippen molar-refractivity contribution in [3.05, 3.63) is 0 Å². The van der Waals surface area contributed by atoms with E-state index in [-0.39, 0.29) is 11.8 Å². The van der Waals surface area contributed by atoms with Crippen LogP contribution < -0.4 is 0 Å². The van der Waals surface area contributed by atoms with E-state index < -0.39 is 17.7 Å². The van der Waals surface area contributed by atoms with Crippen LogP contribution in [0.3, 0.4) is 0 Å². The summed E-state index contributed by atoms with van der Waals surface area (Å²) in [5.41, 5.74) is -0.675. The molecule has 2 atom stereocenters. The Balaban J connectivity index is 2.86. The molecular formula is C12H19NO4. The average Bonchev–Trinajstić information content (AvgIpc) is 2.19. The van der Waals surface area contributed by atoms with Gasteiger partial charge in [0.25, 0.3) is 0 Å². The van der Waals surface area contributed by atoms with E-state index in [0.717, 1.165) is 4.90 Å². The van der Waals surface area contributed by atoms with Crippen LogP contribution in [0.1, 0.15) is 40.5 Å². The number of carbonyl (C=O) groups is 3. The zero-order valence-electron chi connectivity index (χ0n) is 10.7. The monoisotopic (exact) mass is 241 g/mol. The van der Waals surface area contributed by atoms with Gasteiger partial charge in [-0.2, -0.15) is 0 Å². The number of likely N-dealkylation sites (tertiary alicyclic amines) is 1. The van der Waals surface area contributed by atoms with Gasteiger partial charge >= 0.3 is 6.09 Å². The molecule has 0 saturated carbocycles. The Morgan fingerprint density at radius 3 is 2.47 bits per heavy atom. The minimum Gasteiger partial charge on any atom is -0.443 e. The van der Waals surface area contributed by atoms with Gasteiger partial charge in [-0.25, -0.2) is 9.69 Å². The first-order chi connectivity index (χ1) is 7.76. The van der Waals surface area contributed by atoms with Crippen molar-refractivity contribution in [1.29, 1.82) is 0 Å². The molecule has 1 aliphatic rings. The highest BCUT2D eigenvalue weighted by molar-refractivity contribution is 5.96. The number of hydrogen-bond donors (Lipinski definition) is 0. The molecule has 0 bridgehead atoms. The average molecular weight is 241 g/mol. The Bertz CT molecular complexity index is 332. The van der Waals surface area contributed by atoms with Gasteiger partial charge in [0.15, 0.2) is 0 Å². The molecule has 1 aliphatic heterocycles. The van der Waals surface area contributed by atoms with Crippen LogP contribution in [0, 0.1) is 5.92 Å². The summed E-state index contributed by atoms with van der Waals surface area (Å²) in [6.45, 7) is 6.91. The van der Waals surface area contributed by atoms with E-state index in [4.69, 9.17) is 4.74 Å². The second-order valence-corrected chi connectivity index (χ2v) is 5.37. The molecule has 0 spiro atoms. The molecule has 0 unspecified atom stereocenters. The summed E-state index contributed by atoms with van der Waals surface area (Å²) < 4.78 is 5.14. The van der Waals surface area contributed by atoms with Gasteiger partial charge < -0.3 is 9.53 Å². The molecule has 0 aromatic heterocycles. The number of carbonyl (C=O) groups excluding carboxylic acids is 3. The van der Waals surface area contributed by atoms with Gasteiger partial charge in [-0.05, 0) is 33.6 Å². The summed E-state index contributed by atoms with van der Waals surface area (Å²) in [4.78, 5) is 35.6. The van der Waals surface area contributed by atoms with E-state index in [1.807, 2.05) is 0 Å². The lowest BCUT2D eigenvalue weighted by atomic mass is 9.94. The van der Waals surface area contributed by atoms with E-state index in [1.54, 1.807) is 27.7 Å². The Labute approximate surface area is 101 Å². The highest BCUT2D eigenvalue weighted by Gasteiger charge is 2.39. The van der Waals surface area contributed by atoms with Gasteiger partial charge in [0.05, 0.1) is 6.04 Å². The predicted octanol–water partition coefficient (Wildman–Crippen LogP) is 1.75. The molecule has 0 radical (unpaired) electrons. The van der Waals surface area contributed by atoms with Crippen LogP contribution in [0.25, 0.3) is 0 Å². The van der Waals surface area contributed by atoms with Gasteiger partial charge in [-0.1, -0.05) is 6.92 Å². The molecule has 2 amide bonds. The zero-order chi connectivity index (χ0) is 13.2. The molecule has 0 N–H and O–H groups in total. The Kier molecular flexibility index (Phi) is 3.91. The number of imide groups is 1. The van der Waals surface area contributed by atoms with Crippen molar-refractivity contribution in [2.75, 3.05) is 0 Å². The standard InChI is InChI=1S/C12H19NO4/c1-8-5-6-9(7-14)13(10(8)15)11(16)17-12(2,3)4/h7-9H,5-6H2,1-4H3/t8-,9+/m1/s1. The summed E-state index contributed by atoms with van der Waals surface area (Å²) >= 11 is 0. The molecular weight excluding hydrogens is 222 g/mol. The first-order valence-corrected chi connectivity index (χ1v) is 5.77. The molecule has 0 aliphatic carbocycles. The van der Waals surface area contributed by atoms with Gasteiger partial charge in [0.1, 0.15) is 11.9 Å². The van der Waals surface area contributed by atoms with E-state index in [0.29, 0.717) is 19.1 Å². The third kappa shape index (κ3) is 3.28. The number of nitrogens with zero attached hydrogens (tertiary/aromatic N) is 1. The molecule has 0 aromatic rings. The van der Waals surface area contributed by atoms with Crippen LogP contribution in [0.2, 0.25) is 0 Å². The molecule has 5 nitrogen and oxygen atoms in total. The maximum atomic E-state index is 11.9. The fourth-order valence-electron chi connectivity index (χ4n) is 1.74. The molecule has 1 heterocycles. The highest BCUT2D eigenvalue weighted by Crippen LogP contribution is 2.24. The number of ether oxygens (including phenoxy) is 1. The Hall–Kier alpha value is -1.39. The Morgan fingerprint density at radius 2 is 2.00 bits per heavy atom. The van der Waals surface area contributed by atoms with Crippen LogP contribution in [0.15, 0.2) is 0 Å². The smallest absolute Gasteiger partial charge is 0.417 e. The fourth-order valence-corrected chi connectivity index (χ4v) is 1.74. The van der Waals surface area contributed by atoms with Gasteiger partial charge in [0.2, 0.25) is 5.91 Å². The van der Waals surface area contributed by atoms with Gasteiger partial charge in [-0.3, -0.25) is 4.79 Å². The van der Waals surface area contributed by atoms with Crippen LogP contribution in [-0.4, -0.2) is 34.8 Å². The Morgan fingerprint density at radius 1 is 1.41 bits per heavy atom. The molecule has 1 fully saturated rings. The third-order valence-electron chi connectivity index (χ3n) is 2.63. The van der Waals surface area contributed by atoms with Crippen molar-refractivity contribution in [3.8, 4) is 0 Å². The first-order valence-electron chi connectivity index (χ1n) is 5.77. The van der Waals surface area contributed by atoms with Crippen molar-refractivity contribution in [3.63, 3.8) is 0 Å². The number of hydrogen-bond acceptors (Lipinski definition) is 4. The largest absolute Gasteiger partial charge is 0.443 e. The fraction of sp³-hybridized carbons (Fsp3) is 0.750. The van der Waals surface area contributed by atoms with E-state index in [9.17, 15) is 14.4 Å². The van der Waals surface area contributed by atoms with Gasteiger partial charge in [0, 0.05) is 5.92 Å². The first kappa shape index (κ1) is 13.7. The maximum absolute atomic E-state index is 11.9. The number of aldehydes is 1. The lowest BCUT2D eigenvalue weighted by molar-refractivity contribution is -0.142. The predicted molar refractivity (Wildman–Crippen MR) is 61.3 cm³/mol. The van der Waals surface area contributed by atoms with Crippen LogP contribution in [0.5, 0.6) is 0 Å². The van der Waals surface area contributed by atoms with E-state index in [2.05, 4.69) is 0 Å². The molecule has 17 heavy (non-hydrogen) atoms. The summed E-state index contributed by atoms with van der Waals surface area (Å²) in [5.74, 6) is -0.568. The summed E-state index contributed by atoms with van der Waals surface area (Å²) in [5, 5.41) is 0. The van der Waals surface area contributed by atoms with Crippen molar-refractivity contribution in [2.24, 2.45) is 5.92 Å². The van der Waals surface area contributed by atoms with E-state index >= 15 is 0 Å². The van der Waals surface area contributed by atoms with Crippen molar-refractivity contribution in [1.82, 2.24) is 4.90 Å². The minimum absolute atomic E-state index is 0.237. The molecule has 0 aromatic carbocycles. The summed E-state index contributed by atoms with van der Waals surface area (Å²) in [6.07, 6.45) is 1.04. The molecule has 5 heteroatoms. The minimum atomic E-state index is -0.730. The lowest BCUT2D eigenvalue weighted by Gasteiger charge is -2.34. The summed E-state index contributed by atoms with van der Waals surface area (Å²) in [6, 6.07) is -0.687. The molecule has 1 rings (SSSR count). The normalized spacial score (nSPS) is 25.6. The van der Waals surface area contributed by atoms with Crippen LogP contribution in [0.4, 0.5) is 4.79 Å². The number of piperidine rings is 1. The maximum Gasteiger partial charge on any atom is 0.417 e. The zero-order valence-corrected chi connectivity index (χ0v) is 10.7. The lowest BCUT2D eigenvalue weighted by Crippen LogP contribution is -2.52. The second-order valence-electron chi connectivity index (χ2n) is 5.37. The van der Waals surface area contributed by atoms with Crippen molar-refractivity contribution >= 4 is 18.3 Å². The van der Waals surface area contributed by atoms with Crippen LogP contribution >= 0.6 is 0 Å². The third-order valence-corrected chi connectivity index (χ3v) is 2.63.